The van der Waals surface area contributed by atoms with Gasteiger partial charge < -0.3 is 4.43 Å². The second-order valence-electron chi connectivity index (χ2n) is 6.46. The van der Waals surface area contributed by atoms with E-state index in [4.69, 9.17) is 4.43 Å². The van der Waals surface area contributed by atoms with Crippen LogP contribution in [0.5, 0.6) is 0 Å². The topological polar surface area (TPSA) is 26.3 Å². The molecule has 0 amide bonds. The third-order valence-corrected chi connectivity index (χ3v) is 8.19. The fraction of sp³-hybridized carbons (Fsp3) is 0.667. The van der Waals surface area contributed by atoms with Gasteiger partial charge in [-0.1, -0.05) is 40.2 Å². The zero-order chi connectivity index (χ0) is 14.0. The molecule has 0 saturated heterocycles. The Morgan fingerprint density at radius 3 is 2.50 bits per heavy atom. The molecule has 0 aromatic heterocycles. The first-order valence-corrected chi connectivity index (χ1v) is 9.73. The Morgan fingerprint density at radius 2 is 2.00 bits per heavy atom. The van der Waals surface area contributed by atoms with Crippen molar-refractivity contribution in [1.82, 2.24) is 0 Å². The summed E-state index contributed by atoms with van der Waals surface area (Å²) in [5.41, 5.74) is 0.807. The zero-order valence-corrected chi connectivity index (χ0v) is 13.6. The van der Waals surface area contributed by atoms with Crippen molar-refractivity contribution in [1.29, 1.82) is 0 Å². The number of allylic oxidation sites excluding steroid dienone is 3. The van der Waals surface area contributed by atoms with Crippen LogP contribution in [-0.2, 0) is 9.22 Å². The van der Waals surface area contributed by atoms with E-state index in [1.807, 2.05) is 12.2 Å². The van der Waals surface area contributed by atoms with Crippen LogP contribution in [0.2, 0.25) is 18.1 Å². The van der Waals surface area contributed by atoms with Crippen molar-refractivity contribution >= 4 is 14.1 Å². The standard InChI is InChI=1S/C15H26O2Si/c1-7-8-9-12-13(16)10-11-14(12)17-18(5,6)15(2,3)4/h9,11H,7-8,10H2,1-6H3. The van der Waals surface area contributed by atoms with Gasteiger partial charge in [-0.3, -0.25) is 4.79 Å². The van der Waals surface area contributed by atoms with E-state index in [1.165, 1.54) is 0 Å². The monoisotopic (exact) mass is 266 g/mol. The van der Waals surface area contributed by atoms with Crippen LogP contribution in [0.25, 0.3) is 0 Å². The van der Waals surface area contributed by atoms with Crippen LogP contribution in [0.1, 0.15) is 47.0 Å². The highest BCUT2D eigenvalue weighted by molar-refractivity contribution is 6.74. The van der Waals surface area contributed by atoms with Crippen molar-refractivity contribution in [2.75, 3.05) is 0 Å². The van der Waals surface area contributed by atoms with Crippen LogP contribution in [0.15, 0.2) is 23.5 Å². The first kappa shape index (κ1) is 15.2. The molecule has 0 spiro atoms. The van der Waals surface area contributed by atoms with Crippen LogP contribution >= 0.6 is 0 Å². The lowest BCUT2D eigenvalue weighted by Gasteiger charge is -2.37. The minimum Gasteiger partial charge on any atom is -0.543 e. The van der Waals surface area contributed by atoms with Crippen LogP contribution < -0.4 is 0 Å². The number of unbranched alkanes of at least 4 members (excludes halogenated alkanes) is 1. The first-order chi connectivity index (χ1) is 8.19. The Kier molecular flexibility index (Phi) is 4.59. The summed E-state index contributed by atoms with van der Waals surface area (Å²) in [5, 5.41) is 0.162. The van der Waals surface area contributed by atoms with Gasteiger partial charge in [-0.15, -0.1) is 0 Å². The smallest absolute Gasteiger partial charge is 0.250 e. The van der Waals surface area contributed by atoms with E-state index in [-0.39, 0.29) is 10.8 Å². The Morgan fingerprint density at radius 1 is 1.39 bits per heavy atom. The second-order valence-corrected chi connectivity index (χ2v) is 11.2. The molecule has 0 bridgehead atoms. The van der Waals surface area contributed by atoms with E-state index < -0.39 is 8.32 Å². The first-order valence-electron chi connectivity index (χ1n) is 6.82. The Labute approximate surface area is 112 Å². The normalized spacial score (nSPS) is 19.3. The van der Waals surface area contributed by atoms with Gasteiger partial charge in [0.05, 0.1) is 5.57 Å². The maximum atomic E-state index is 11.8. The number of hydrogen-bond acceptors (Lipinski definition) is 2. The van der Waals surface area contributed by atoms with Gasteiger partial charge >= 0.3 is 0 Å². The maximum absolute atomic E-state index is 11.8. The predicted octanol–water partition coefficient (Wildman–Crippen LogP) is 4.59. The second kappa shape index (κ2) is 5.43. The van der Waals surface area contributed by atoms with Gasteiger partial charge in [0.15, 0.2) is 5.78 Å². The minimum atomic E-state index is -1.84. The van der Waals surface area contributed by atoms with Crippen LogP contribution in [0.3, 0.4) is 0 Å². The van der Waals surface area contributed by atoms with Crippen molar-refractivity contribution in [2.45, 2.75) is 65.1 Å². The average molecular weight is 266 g/mol. The van der Waals surface area contributed by atoms with Crippen LogP contribution in [0.4, 0.5) is 0 Å². The zero-order valence-electron chi connectivity index (χ0n) is 12.6. The summed E-state index contributed by atoms with van der Waals surface area (Å²) in [6.45, 7) is 13.2. The molecule has 0 heterocycles. The Bertz CT molecular complexity index is 384. The molecule has 0 saturated carbocycles. The fourth-order valence-electron chi connectivity index (χ4n) is 1.57. The van der Waals surface area contributed by atoms with Crippen molar-refractivity contribution in [2.24, 2.45) is 0 Å². The Hall–Kier alpha value is -0.833. The highest BCUT2D eigenvalue weighted by atomic mass is 28.4. The molecule has 1 rings (SSSR count). The van der Waals surface area contributed by atoms with Gasteiger partial charge in [0, 0.05) is 6.42 Å². The van der Waals surface area contributed by atoms with Gasteiger partial charge in [-0.05, 0) is 30.6 Å². The molecule has 2 nitrogen and oxygen atoms in total. The molecule has 102 valence electrons. The SMILES string of the molecule is CCCC=C1C(=O)CC=C1O[Si](C)(C)C(C)(C)C. The molecule has 0 atom stereocenters. The van der Waals surface area contributed by atoms with E-state index in [0.717, 1.165) is 24.2 Å². The third kappa shape index (κ3) is 3.34. The molecule has 1 aliphatic rings. The number of ketones is 1. The third-order valence-electron chi connectivity index (χ3n) is 3.85. The molecular formula is C15H26O2Si. The molecule has 0 radical (unpaired) electrons. The summed E-state index contributed by atoms with van der Waals surface area (Å²) < 4.78 is 6.25. The van der Waals surface area contributed by atoms with Crippen molar-refractivity contribution in [3.63, 3.8) is 0 Å². The molecule has 0 aromatic rings. The molecule has 3 heteroatoms. The molecule has 0 fully saturated rings. The Balaban J connectivity index is 2.88. The number of rotatable bonds is 4. The highest BCUT2D eigenvalue weighted by Gasteiger charge is 2.40. The lowest BCUT2D eigenvalue weighted by molar-refractivity contribution is -0.114. The summed E-state index contributed by atoms with van der Waals surface area (Å²) >= 11 is 0. The van der Waals surface area contributed by atoms with Gasteiger partial charge in [0.2, 0.25) is 8.32 Å². The molecule has 0 aliphatic heterocycles. The summed E-state index contributed by atoms with van der Waals surface area (Å²) in [6, 6.07) is 0. The van der Waals surface area contributed by atoms with Crippen LogP contribution in [-0.4, -0.2) is 14.1 Å². The minimum absolute atomic E-state index is 0.162. The average Bonchev–Trinajstić information content (AvgIpc) is 2.55. The number of carbonyl (C=O) groups is 1. The lowest BCUT2D eigenvalue weighted by atomic mass is 10.1. The van der Waals surface area contributed by atoms with E-state index >= 15 is 0 Å². The largest absolute Gasteiger partial charge is 0.543 e. The number of hydrogen-bond donors (Lipinski definition) is 0. The van der Waals surface area contributed by atoms with E-state index in [1.54, 1.807) is 0 Å². The van der Waals surface area contributed by atoms with Crippen LogP contribution in [0, 0.1) is 0 Å². The molecule has 18 heavy (non-hydrogen) atoms. The summed E-state index contributed by atoms with van der Waals surface area (Å²) in [5.74, 6) is 1.04. The summed E-state index contributed by atoms with van der Waals surface area (Å²) in [6.07, 6.45) is 6.49. The van der Waals surface area contributed by atoms with E-state index in [2.05, 4.69) is 40.8 Å². The number of carbonyl (C=O) groups excluding carboxylic acids is 1. The summed E-state index contributed by atoms with van der Waals surface area (Å²) in [7, 11) is -1.84. The molecule has 1 aliphatic carbocycles. The lowest BCUT2D eigenvalue weighted by Crippen LogP contribution is -2.40. The molecule has 0 unspecified atom stereocenters. The van der Waals surface area contributed by atoms with Crippen molar-refractivity contribution in [3.8, 4) is 0 Å². The molecule has 0 aromatic carbocycles. The molecule has 0 N–H and O–H groups in total. The van der Waals surface area contributed by atoms with Crippen molar-refractivity contribution < 1.29 is 9.22 Å². The number of Topliss-reactive ketones (excluding diaryl/α,β-unsaturated/α-hetero) is 1. The highest BCUT2D eigenvalue weighted by Crippen LogP contribution is 2.40. The predicted molar refractivity (Wildman–Crippen MR) is 79.0 cm³/mol. The van der Waals surface area contributed by atoms with Crippen molar-refractivity contribution in [3.05, 3.63) is 23.5 Å². The van der Waals surface area contributed by atoms with Gasteiger partial charge in [0.25, 0.3) is 0 Å². The van der Waals surface area contributed by atoms with Gasteiger partial charge in [-0.25, -0.2) is 0 Å². The molecular weight excluding hydrogens is 240 g/mol. The van der Waals surface area contributed by atoms with Gasteiger partial charge in [0.1, 0.15) is 5.76 Å². The van der Waals surface area contributed by atoms with Gasteiger partial charge in [-0.2, -0.15) is 0 Å². The quantitative estimate of drug-likeness (QED) is 0.549. The summed E-state index contributed by atoms with van der Waals surface area (Å²) in [4.78, 5) is 11.8. The maximum Gasteiger partial charge on any atom is 0.250 e. The fourth-order valence-corrected chi connectivity index (χ4v) is 2.62. The van der Waals surface area contributed by atoms with E-state index in [0.29, 0.717) is 6.42 Å². The van der Waals surface area contributed by atoms with E-state index in [9.17, 15) is 4.79 Å².